The Labute approximate surface area is 107 Å². The van der Waals surface area contributed by atoms with Crippen LogP contribution in [0.25, 0.3) is 11.3 Å². The molecule has 2 aromatic rings. The standard InChI is InChI=1S/C14H17N3O/c1-4-6-11-9-16-10(2)17-13(11)12-7-5-8-15-14(12)18-3/h5,7-9H,4,6H2,1-3H3. The van der Waals surface area contributed by atoms with Gasteiger partial charge in [0.25, 0.3) is 0 Å². The summed E-state index contributed by atoms with van der Waals surface area (Å²) in [5.41, 5.74) is 2.98. The van der Waals surface area contributed by atoms with E-state index in [9.17, 15) is 0 Å². The molecule has 0 saturated heterocycles. The van der Waals surface area contributed by atoms with E-state index >= 15 is 0 Å². The minimum Gasteiger partial charge on any atom is -0.481 e. The van der Waals surface area contributed by atoms with Crippen LogP contribution in [0.4, 0.5) is 0 Å². The first-order chi connectivity index (χ1) is 8.76. The van der Waals surface area contributed by atoms with Crippen molar-refractivity contribution in [3.8, 4) is 17.1 Å². The van der Waals surface area contributed by atoms with E-state index in [0.717, 1.165) is 35.5 Å². The third-order valence-electron chi connectivity index (χ3n) is 2.72. The highest BCUT2D eigenvalue weighted by Gasteiger charge is 2.13. The van der Waals surface area contributed by atoms with E-state index in [4.69, 9.17) is 4.74 Å². The Kier molecular flexibility index (Phi) is 3.87. The normalized spacial score (nSPS) is 10.4. The summed E-state index contributed by atoms with van der Waals surface area (Å²) < 4.78 is 5.30. The number of nitrogens with zero attached hydrogens (tertiary/aromatic N) is 3. The lowest BCUT2D eigenvalue weighted by Crippen LogP contribution is -2.00. The molecule has 0 atom stereocenters. The van der Waals surface area contributed by atoms with Gasteiger partial charge in [0.2, 0.25) is 5.88 Å². The highest BCUT2D eigenvalue weighted by Crippen LogP contribution is 2.29. The Hall–Kier alpha value is -1.97. The zero-order valence-electron chi connectivity index (χ0n) is 11.0. The number of hydrogen-bond donors (Lipinski definition) is 0. The van der Waals surface area contributed by atoms with E-state index in [2.05, 4.69) is 21.9 Å². The molecule has 0 aliphatic carbocycles. The molecule has 4 nitrogen and oxygen atoms in total. The van der Waals surface area contributed by atoms with E-state index in [1.165, 1.54) is 0 Å². The van der Waals surface area contributed by atoms with E-state index in [1.807, 2.05) is 25.3 Å². The third kappa shape index (κ3) is 2.47. The van der Waals surface area contributed by atoms with Crippen LogP contribution in [-0.4, -0.2) is 22.1 Å². The lowest BCUT2D eigenvalue weighted by Gasteiger charge is -2.11. The van der Waals surface area contributed by atoms with Gasteiger partial charge in [-0.3, -0.25) is 0 Å². The smallest absolute Gasteiger partial charge is 0.222 e. The molecule has 0 aromatic carbocycles. The topological polar surface area (TPSA) is 47.9 Å². The van der Waals surface area contributed by atoms with E-state index in [0.29, 0.717) is 5.88 Å². The summed E-state index contributed by atoms with van der Waals surface area (Å²) >= 11 is 0. The number of rotatable bonds is 4. The molecule has 0 bridgehead atoms. The van der Waals surface area contributed by atoms with Crippen LogP contribution in [0.3, 0.4) is 0 Å². The van der Waals surface area contributed by atoms with E-state index < -0.39 is 0 Å². The molecule has 0 aliphatic rings. The van der Waals surface area contributed by atoms with Gasteiger partial charge in [0.05, 0.1) is 18.4 Å². The fourth-order valence-corrected chi connectivity index (χ4v) is 1.91. The largest absolute Gasteiger partial charge is 0.481 e. The maximum Gasteiger partial charge on any atom is 0.222 e. The Morgan fingerprint density at radius 3 is 2.83 bits per heavy atom. The van der Waals surface area contributed by atoms with Crippen molar-refractivity contribution in [2.45, 2.75) is 26.7 Å². The number of methoxy groups -OCH3 is 1. The maximum atomic E-state index is 5.30. The molecule has 0 saturated carbocycles. The van der Waals surface area contributed by atoms with Gasteiger partial charge < -0.3 is 4.74 Å². The fourth-order valence-electron chi connectivity index (χ4n) is 1.91. The van der Waals surface area contributed by atoms with Crippen LogP contribution in [0.15, 0.2) is 24.5 Å². The van der Waals surface area contributed by atoms with Gasteiger partial charge in [-0.25, -0.2) is 15.0 Å². The van der Waals surface area contributed by atoms with Crippen LogP contribution in [0, 0.1) is 6.92 Å². The molecule has 2 rings (SSSR count). The fraction of sp³-hybridized carbons (Fsp3) is 0.357. The molecule has 0 N–H and O–H groups in total. The molecular formula is C14H17N3O. The number of hydrogen-bond acceptors (Lipinski definition) is 4. The zero-order chi connectivity index (χ0) is 13.0. The Balaban J connectivity index is 2.57. The molecule has 0 unspecified atom stereocenters. The Morgan fingerprint density at radius 1 is 1.28 bits per heavy atom. The molecule has 0 fully saturated rings. The van der Waals surface area contributed by atoms with Crippen LogP contribution in [0.2, 0.25) is 0 Å². The summed E-state index contributed by atoms with van der Waals surface area (Å²) in [6, 6.07) is 3.87. The molecule has 2 aromatic heterocycles. The van der Waals surface area contributed by atoms with Crippen molar-refractivity contribution in [2.75, 3.05) is 7.11 Å². The second-order valence-electron chi connectivity index (χ2n) is 4.10. The number of aromatic nitrogens is 3. The summed E-state index contributed by atoms with van der Waals surface area (Å²) in [4.78, 5) is 13.0. The molecule has 0 radical (unpaired) electrons. The van der Waals surface area contributed by atoms with Crippen molar-refractivity contribution in [3.05, 3.63) is 35.9 Å². The van der Waals surface area contributed by atoms with Gasteiger partial charge in [-0.2, -0.15) is 0 Å². The number of pyridine rings is 1. The predicted octanol–water partition coefficient (Wildman–Crippen LogP) is 2.81. The van der Waals surface area contributed by atoms with Crippen LogP contribution < -0.4 is 4.74 Å². The van der Waals surface area contributed by atoms with Crippen molar-refractivity contribution < 1.29 is 4.74 Å². The average Bonchev–Trinajstić information content (AvgIpc) is 2.41. The predicted molar refractivity (Wildman–Crippen MR) is 70.5 cm³/mol. The minimum atomic E-state index is 0.605. The minimum absolute atomic E-state index is 0.605. The monoisotopic (exact) mass is 243 g/mol. The third-order valence-corrected chi connectivity index (χ3v) is 2.72. The maximum absolute atomic E-state index is 5.30. The van der Waals surface area contributed by atoms with Gasteiger partial charge in [0.1, 0.15) is 5.82 Å². The zero-order valence-corrected chi connectivity index (χ0v) is 11.0. The van der Waals surface area contributed by atoms with Crippen molar-refractivity contribution in [3.63, 3.8) is 0 Å². The van der Waals surface area contributed by atoms with Gasteiger partial charge in [0.15, 0.2) is 0 Å². The van der Waals surface area contributed by atoms with Gasteiger partial charge >= 0.3 is 0 Å². The van der Waals surface area contributed by atoms with Crippen LogP contribution in [0.5, 0.6) is 5.88 Å². The molecular weight excluding hydrogens is 226 g/mol. The SMILES string of the molecule is CCCc1cnc(C)nc1-c1cccnc1OC. The number of ether oxygens (including phenoxy) is 1. The molecule has 4 heteroatoms. The van der Waals surface area contributed by atoms with Crippen LogP contribution >= 0.6 is 0 Å². The van der Waals surface area contributed by atoms with E-state index in [1.54, 1.807) is 13.3 Å². The summed E-state index contributed by atoms with van der Waals surface area (Å²) in [7, 11) is 1.62. The lowest BCUT2D eigenvalue weighted by atomic mass is 10.0. The Morgan fingerprint density at radius 2 is 2.11 bits per heavy atom. The summed E-state index contributed by atoms with van der Waals surface area (Å²) in [5.74, 6) is 1.36. The first-order valence-electron chi connectivity index (χ1n) is 6.08. The molecule has 94 valence electrons. The molecule has 18 heavy (non-hydrogen) atoms. The average molecular weight is 243 g/mol. The molecule has 0 aliphatic heterocycles. The summed E-state index contributed by atoms with van der Waals surface area (Å²) in [6.07, 6.45) is 5.62. The molecule has 0 spiro atoms. The first-order valence-corrected chi connectivity index (χ1v) is 6.08. The first kappa shape index (κ1) is 12.5. The quantitative estimate of drug-likeness (QED) is 0.828. The molecule has 0 amide bonds. The highest BCUT2D eigenvalue weighted by atomic mass is 16.5. The van der Waals surface area contributed by atoms with Crippen molar-refractivity contribution in [1.82, 2.24) is 15.0 Å². The van der Waals surface area contributed by atoms with Crippen molar-refractivity contribution >= 4 is 0 Å². The highest BCUT2D eigenvalue weighted by molar-refractivity contribution is 5.67. The van der Waals surface area contributed by atoms with Gasteiger partial charge in [-0.1, -0.05) is 13.3 Å². The summed E-state index contributed by atoms with van der Waals surface area (Å²) in [6.45, 7) is 4.03. The van der Waals surface area contributed by atoms with Crippen LogP contribution in [0.1, 0.15) is 24.7 Å². The summed E-state index contributed by atoms with van der Waals surface area (Å²) in [5, 5.41) is 0. The van der Waals surface area contributed by atoms with Gasteiger partial charge in [0, 0.05) is 12.4 Å². The van der Waals surface area contributed by atoms with Gasteiger partial charge in [-0.15, -0.1) is 0 Å². The molecule has 2 heterocycles. The lowest BCUT2D eigenvalue weighted by molar-refractivity contribution is 0.399. The second-order valence-corrected chi connectivity index (χ2v) is 4.10. The van der Waals surface area contributed by atoms with Crippen molar-refractivity contribution in [2.24, 2.45) is 0 Å². The number of aryl methyl sites for hydroxylation is 2. The van der Waals surface area contributed by atoms with Gasteiger partial charge in [-0.05, 0) is 31.0 Å². The second kappa shape index (κ2) is 5.58. The van der Waals surface area contributed by atoms with E-state index in [-0.39, 0.29) is 0 Å². The van der Waals surface area contributed by atoms with Crippen LogP contribution in [-0.2, 0) is 6.42 Å². The Bertz CT molecular complexity index is 540. The van der Waals surface area contributed by atoms with Crippen molar-refractivity contribution in [1.29, 1.82) is 0 Å².